The van der Waals surface area contributed by atoms with Crippen LogP contribution in [0.5, 0.6) is 11.5 Å². The van der Waals surface area contributed by atoms with Crippen LogP contribution in [-0.2, 0) is 6.42 Å². The van der Waals surface area contributed by atoms with Crippen molar-refractivity contribution in [1.29, 1.82) is 0 Å². The molecule has 0 saturated carbocycles. The number of anilines is 1. The quantitative estimate of drug-likeness (QED) is 0.627. The molecule has 0 bridgehead atoms. The Balaban J connectivity index is 1.69. The van der Waals surface area contributed by atoms with Gasteiger partial charge in [-0.1, -0.05) is 19.9 Å². The molecule has 3 aromatic rings. The summed E-state index contributed by atoms with van der Waals surface area (Å²) >= 11 is 1.34. The van der Waals surface area contributed by atoms with Gasteiger partial charge in [-0.25, -0.2) is 4.98 Å². The van der Waals surface area contributed by atoms with Crippen LogP contribution in [0.4, 0.5) is 5.69 Å². The van der Waals surface area contributed by atoms with Crippen LogP contribution in [0.25, 0.3) is 10.2 Å². The SMILES string of the molecule is COc1ccc(CCNC(=O)c2sc3nc(C(C)C)ccc3c2N)cc1OC. The summed E-state index contributed by atoms with van der Waals surface area (Å²) in [6.45, 7) is 4.67. The maximum absolute atomic E-state index is 12.6. The predicted octanol–water partition coefficient (Wildman–Crippen LogP) is 3.99. The Hall–Kier alpha value is -2.80. The van der Waals surface area contributed by atoms with E-state index in [2.05, 4.69) is 24.1 Å². The highest BCUT2D eigenvalue weighted by Gasteiger charge is 2.17. The maximum atomic E-state index is 12.6. The zero-order valence-electron chi connectivity index (χ0n) is 16.5. The zero-order valence-corrected chi connectivity index (χ0v) is 17.4. The van der Waals surface area contributed by atoms with Crippen molar-refractivity contribution < 1.29 is 14.3 Å². The van der Waals surface area contributed by atoms with Gasteiger partial charge in [-0.3, -0.25) is 4.79 Å². The molecule has 0 aliphatic heterocycles. The first kappa shape index (κ1) is 19.9. The monoisotopic (exact) mass is 399 g/mol. The van der Waals surface area contributed by atoms with Crippen LogP contribution in [0.2, 0.25) is 0 Å². The lowest BCUT2D eigenvalue weighted by Crippen LogP contribution is -2.25. The lowest BCUT2D eigenvalue weighted by molar-refractivity contribution is 0.0959. The Morgan fingerprint density at radius 2 is 1.93 bits per heavy atom. The molecule has 0 unspecified atom stereocenters. The number of nitrogen functional groups attached to an aromatic ring is 1. The summed E-state index contributed by atoms with van der Waals surface area (Å²) in [5.41, 5.74) is 8.73. The fourth-order valence-electron chi connectivity index (χ4n) is 2.94. The van der Waals surface area contributed by atoms with Crippen molar-refractivity contribution in [3.63, 3.8) is 0 Å². The number of nitrogens with one attached hydrogen (secondary N) is 1. The topological polar surface area (TPSA) is 86.5 Å². The number of amides is 1. The van der Waals surface area contributed by atoms with Crippen LogP contribution in [0.3, 0.4) is 0 Å². The molecule has 6 nitrogen and oxygen atoms in total. The van der Waals surface area contributed by atoms with Crippen molar-refractivity contribution in [2.24, 2.45) is 0 Å². The minimum absolute atomic E-state index is 0.174. The van der Waals surface area contributed by atoms with Gasteiger partial charge in [0.05, 0.1) is 19.9 Å². The highest BCUT2D eigenvalue weighted by atomic mass is 32.1. The predicted molar refractivity (Wildman–Crippen MR) is 114 cm³/mol. The number of nitrogens with two attached hydrogens (primary N) is 1. The molecule has 0 radical (unpaired) electrons. The average Bonchev–Trinajstić information content (AvgIpc) is 3.03. The zero-order chi connectivity index (χ0) is 20.3. The van der Waals surface area contributed by atoms with Gasteiger partial charge in [-0.2, -0.15) is 0 Å². The standard InChI is InChI=1S/C21H25N3O3S/c1-12(2)15-7-6-14-18(22)19(28-21(14)24-15)20(25)23-10-9-13-5-8-16(26-3)17(11-13)27-4/h5-8,11-12H,9-10,22H2,1-4H3,(H,23,25). The summed E-state index contributed by atoms with van der Waals surface area (Å²) in [6, 6.07) is 9.64. The molecule has 1 aromatic carbocycles. The van der Waals surface area contributed by atoms with E-state index in [4.69, 9.17) is 15.2 Å². The fourth-order valence-corrected chi connectivity index (χ4v) is 3.96. The number of benzene rings is 1. The van der Waals surface area contributed by atoms with Gasteiger partial charge in [0.1, 0.15) is 9.71 Å². The van der Waals surface area contributed by atoms with Gasteiger partial charge in [-0.15, -0.1) is 11.3 Å². The summed E-state index contributed by atoms with van der Waals surface area (Å²) in [4.78, 5) is 18.6. The molecule has 0 aliphatic rings. The fraction of sp³-hybridized carbons (Fsp3) is 0.333. The third-order valence-electron chi connectivity index (χ3n) is 4.56. The average molecular weight is 400 g/mol. The molecule has 0 aliphatic carbocycles. The molecule has 2 heterocycles. The summed E-state index contributed by atoms with van der Waals surface area (Å²) in [6.07, 6.45) is 0.673. The highest BCUT2D eigenvalue weighted by Crippen LogP contribution is 2.33. The molecule has 28 heavy (non-hydrogen) atoms. The van der Waals surface area contributed by atoms with Crippen molar-refractivity contribution in [3.8, 4) is 11.5 Å². The number of methoxy groups -OCH3 is 2. The summed E-state index contributed by atoms with van der Waals surface area (Å²) in [5.74, 6) is 1.51. The number of pyridine rings is 1. The normalized spacial score (nSPS) is 11.0. The van der Waals surface area contributed by atoms with Gasteiger partial charge in [-0.05, 0) is 42.2 Å². The van der Waals surface area contributed by atoms with E-state index in [1.165, 1.54) is 11.3 Å². The van der Waals surface area contributed by atoms with Gasteiger partial charge in [0.15, 0.2) is 11.5 Å². The van der Waals surface area contributed by atoms with Crippen LogP contribution < -0.4 is 20.5 Å². The summed E-state index contributed by atoms with van der Waals surface area (Å²) in [5, 5.41) is 3.78. The van der Waals surface area contributed by atoms with Gasteiger partial charge >= 0.3 is 0 Å². The van der Waals surface area contributed by atoms with E-state index in [-0.39, 0.29) is 5.91 Å². The summed E-state index contributed by atoms with van der Waals surface area (Å²) < 4.78 is 10.6. The molecular weight excluding hydrogens is 374 g/mol. The molecule has 0 saturated heterocycles. The van der Waals surface area contributed by atoms with Crippen LogP contribution >= 0.6 is 11.3 Å². The van der Waals surface area contributed by atoms with Crippen molar-refractivity contribution >= 4 is 33.1 Å². The Labute approximate surface area is 168 Å². The van der Waals surface area contributed by atoms with E-state index in [1.54, 1.807) is 14.2 Å². The minimum Gasteiger partial charge on any atom is -0.493 e. The van der Waals surface area contributed by atoms with E-state index in [0.717, 1.165) is 21.5 Å². The molecule has 0 fully saturated rings. The second kappa shape index (κ2) is 8.48. The number of carbonyl (C=O) groups excluding carboxylic acids is 1. The maximum Gasteiger partial charge on any atom is 0.263 e. The van der Waals surface area contributed by atoms with Crippen LogP contribution in [0.15, 0.2) is 30.3 Å². The van der Waals surface area contributed by atoms with Gasteiger partial charge in [0, 0.05) is 17.6 Å². The molecule has 148 valence electrons. The second-order valence-electron chi connectivity index (χ2n) is 6.78. The van der Waals surface area contributed by atoms with E-state index < -0.39 is 0 Å². The highest BCUT2D eigenvalue weighted by molar-refractivity contribution is 7.21. The van der Waals surface area contributed by atoms with E-state index in [1.807, 2.05) is 30.3 Å². The molecule has 3 rings (SSSR count). The number of thiophene rings is 1. The smallest absolute Gasteiger partial charge is 0.263 e. The van der Waals surface area contributed by atoms with Crippen molar-refractivity contribution in [1.82, 2.24) is 10.3 Å². The number of aromatic nitrogens is 1. The van der Waals surface area contributed by atoms with E-state index >= 15 is 0 Å². The largest absolute Gasteiger partial charge is 0.493 e. The Bertz CT molecular complexity index is 998. The lowest BCUT2D eigenvalue weighted by Gasteiger charge is -2.10. The molecule has 1 amide bonds. The van der Waals surface area contributed by atoms with Crippen molar-refractivity contribution in [3.05, 3.63) is 46.5 Å². The van der Waals surface area contributed by atoms with E-state index in [9.17, 15) is 4.79 Å². The van der Waals surface area contributed by atoms with Crippen LogP contribution in [0.1, 0.15) is 40.7 Å². The van der Waals surface area contributed by atoms with Crippen LogP contribution in [-0.4, -0.2) is 31.7 Å². The molecule has 7 heteroatoms. The minimum atomic E-state index is -0.174. The number of fused-ring (bicyclic) bond motifs is 1. The molecule has 0 spiro atoms. The lowest BCUT2D eigenvalue weighted by atomic mass is 10.1. The third kappa shape index (κ3) is 4.04. The number of nitrogens with zero attached hydrogens (tertiary/aromatic N) is 1. The van der Waals surface area contributed by atoms with Crippen molar-refractivity contribution in [2.75, 3.05) is 26.5 Å². The van der Waals surface area contributed by atoms with Gasteiger partial charge in [0.2, 0.25) is 0 Å². The third-order valence-corrected chi connectivity index (χ3v) is 5.67. The number of hydrogen-bond donors (Lipinski definition) is 2. The van der Waals surface area contributed by atoms with Crippen molar-refractivity contribution in [2.45, 2.75) is 26.2 Å². The first-order chi connectivity index (χ1) is 13.4. The van der Waals surface area contributed by atoms with Crippen LogP contribution in [0, 0.1) is 0 Å². The molecule has 3 N–H and O–H groups in total. The number of rotatable bonds is 7. The van der Waals surface area contributed by atoms with Gasteiger partial charge in [0.25, 0.3) is 5.91 Å². The number of ether oxygens (including phenoxy) is 2. The summed E-state index contributed by atoms with van der Waals surface area (Å²) in [7, 11) is 3.21. The first-order valence-corrected chi connectivity index (χ1v) is 9.94. The first-order valence-electron chi connectivity index (χ1n) is 9.12. The molecule has 2 aromatic heterocycles. The number of hydrogen-bond acceptors (Lipinski definition) is 6. The van der Waals surface area contributed by atoms with E-state index in [0.29, 0.717) is 40.9 Å². The molecule has 0 atom stereocenters. The van der Waals surface area contributed by atoms with Gasteiger partial charge < -0.3 is 20.5 Å². The second-order valence-corrected chi connectivity index (χ2v) is 7.78. The Morgan fingerprint density at radius 3 is 2.61 bits per heavy atom. The number of carbonyl (C=O) groups is 1. The Kier molecular flexibility index (Phi) is 6.04. The Morgan fingerprint density at radius 1 is 1.18 bits per heavy atom. The molecular formula is C21H25N3O3S.